The molecular weight excluding hydrogens is 347 g/mol. The molecule has 0 spiro atoms. The van der Waals surface area contributed by atoms with Crippen LogP contribution < -0.4 is 14.4 Å². The van der Waals surface area contributed by atoms with Gasteiger partial charge in [-0.1, -0.05) is 24.3 Å². The second-order valence-electron chi connectivity index (χ2n) is 5.35. The normalized spacial score (nSPS) is 11.0. The number of carbonyl (C=O) groups excluding carboxylic acids is 1. The van der Waals surface area contributed by atoms with Crippen LogP contribution in [0.25, 0.3) is 0 Å². The Labute approximate surface area is 146 Å². The van der Waals surface area contributed by atoms with Gasteiger partial charge in [0, 0.05) is 6.54 Å². The van der Waals surface area contributed by atoms with Crippen molar-refractivity contribution in [1.29, 1.82) is 0 Å². The van der Waals surface area contributed by atoms with E-state index in [4.69, 9.17) is 4.74 Å². The fourth-order valence-electron chi connectivity index (χ4n) is 2.20. The third-order valence-corrected chi connectivity index (χ3v) is 4.56. The third kappa shape index (κ3) is 5.18. The molecule has 0 bridgehead atoms. The second kappa shape index (κ2) is 7.98. The number of nitrogens with one attached hydrogen (secondary N) is 1. The topological polar surface area (TPSA) is 75.7 Å². The highest BCUT2D eigenvalue weighted by Crippen LogP contribution is 2.21. The quantitative estimate of drug-likeness (QED) is 0.812. The summed E-state index contributed by atoms with van der Waals surface area (Å²) in [5, 5.41) is 2.62. The molecule has 2 aromatic carbocycles. The summed E-state index contributed by atoms with van der Waals surface area (Å²) in [5.74, 6) is -0.610. The number of amides is 1. The number of nitrogens with zero attached hydrogens (tertiary/aromatic N) is 1. The number of carbonyl (C=O) groups is 1. The molecule has 2 aromatic rings. The minimum absolute atomic E-state index is 0.165. The lowest BCUT2D eigenvalue weighted by Crippen LogP contribution is -2.40. The number of methoxy groups -OCH3 is 1. The Morgan fingerprint density at radius 3 is 2.56 bits per heavy atom. The van der Waals surface area contributed by atoms with Gasteiger partial charge in [0.1, 0.15) is 18.1 Å². The van der Waals surface area contributed by atoms with Crippen LogP contribution in [0.3, 0.4) is 0 Å². The predicted molar refractivity (Wildman–Crippen MR) is 93.4 cm³/mol. The van der Waals surface area contributed by atoms with Gasteiger partial charge in [-0.2, -0.15) is 0 Å². The zero-order chi connectivity index (χ0) is 18.4. The molecule has 0 aliphatic rings. The van der Waals surface area contributed by atoms with E-state index in [9.17, 15) is 17.6 Å². The monoisotopic (exact) mass is 366 g/mol. The Morgan fingerprint density at radius 2 is 1.92 bits per heavy atom. The Hall–Kier alpha value is -2.61. The first kappa shape index (κ1) is 18.7. The van der Waals surface area contributed by atoms with Crippen LogP contribution in [0.4, 0.5) is 10.1 Å². The molecule has 134 valence electrons. The van der Waals surface area contributed by atoms with E-state index in [1.54, 1.807) is 24.3 Å². The zero-order valence-corrected chi connectivity index (χ0v) is 14.7. The van der Waals surface area contributed by atoms with Crippen molar-refractivity contribution in [2.75, 3.05) is 24.2 Å². The molecule has 2 rings (SSSR count). The van der Waals surface area contributed by atoms with Crippen LogP contribution in [0.2, 0.25) is 0 Å². The van der Waals surface area contributed by atoms with Gasteiger partial charge >= 0.3 is 0 Å². The molecule has 0 unspecified atom stereocenters. The van der Waals surface area contributed by atoms with E-state index in [1.165, 1.54) is 25.3 Å². The fraction of sp³-hybridized carbons (Fsp3) is 0.235. The number of rotatable bonds is 7. The maximum Gasteiger partial charge on any atom is 0.241 e. The number of hydrogen-bond acceptors (Lipinski definition) is 4. The van der Waals surface area contributed by atoms with E-state index < -0.39 is 28.3 Å². The summed E-state index contributed by atoms with van der Waals surface area (Å²) in [6.45, 7) is -0.311. The van der Waals surface area contributed by atoms with Crippen LogP contribution in [-0.4, -0.2) is 34.2 Å². The summed E-state index contributed by atoms with van der Waals surface area (Å²) >= 11 is 0. The molecule has 0 atom stereocenters. The number of benzene rings is 2. The molecular formula is C17H19FN2O4S. The minimum Gasteiger partial charge on any atom is -0.497 e. The van der Waals surface area contributed by atoms with Crippen molar-refractivity contribution >= 4 is 21.6 Å². The van der Waals surface area contributed by atoms with Crippen LogP contribution >= 0.6 is 0 Å². The highest BCUT2D eigenvalue weighted by atomic mass is 32.2. The molecule has 0 fully saturated rings. The van der Waals surface area contributed by atoms with E-state index in [0.29, 0.717) is 5.75 Å². The van der Waals surface area contributed by atoms with E-state index in [1.807, 2.05) is 0 Å². The first-order valence-electron chi connectivity index (χ1n) is 7.43. The molecule has 0 aliphatic heterocycles. The Balaban J connectivity index is 2.09. The van der Waals surface area contributed by atoms with Gasteiger partial charge in [-0.25, -0.2) is 12.8 Å². The lowest BCUT2D eigenvalue weighted by Gasteiger charge is -2.22. The molecule has 6 nitrogen and oxygen atoms in total. The summed E-state index contributed by atoms with van der Waals surface area (Å²) < 4.78 is 43.6. The van der Waals surface area contributed by atoms with Crippen molar-refractivity contribution in [1.82, 2.24) is 5.32 Å². The zero-order valence-electron chi connectivity index (χ0n) is 13.9. The Kier molecular flexibility index (Phi) is 5.97. The Morgan fingerprint density at radius 1 is 1.20 bits per heavy atom. The fourth-order valence-corrected chi connectivity index (χ4v) is 3.06. The summed E-state index contributed by atoms with van der Waals surface area (Å²) in [6, 6.07) is 12.5. The smallest absolute Gasteiger partial charge is 0.241 e. The van der Waals surface area contributed by atoms with Crippen molar-refractivity contribution in [3.63, 3.8) is 0 Å². The van der Waals surface area contributed by atoms with Gasteiger partial charge < -0.3 is 10.1 Å². The lowest BCUT2D eigenvalue weighted by atomic mass is 10.2. The van der Waals surface area contributed by atoms with Crippen LogP contribution in [0, 0.1) is 5.82 Å². The summed E-state index contributed by atoms with van der Waals surface area (Å²) in [5.41, 5.74) is 0.631. The number of sulfonamides is 1. The van der Waals surface area contributed by atoms with Gasteiger partial charge in [0.25, 0.3) is 0 Å². The highest BCUT2D eigenvalue weighted by Gasteiger charge is 2.23. The number of halogens is 1. The average molecular weight is 366 g/mol. The van der Waals surface area contributed by atoms with Gasteiger partial charge in [-0.05, 0) is 29.8 Å². The third-order valence-electron chi connectivity index (χ3n) is 3.43. The molecule has 8 heteroatoms. The molecule has 25 heavy (non-hydrogen) atoms. The van der Waals surface area contributed by atoms with Crippen molar-refractivity contribution in [2.45, 2.75) is 6.54 Å². The molecule has 0 aromatic heterocycles. The molecule has 0 saturated carbocycles. The van der Waals surface area contributed by atoms with E-state index in [-0.39, 0.29) is 12.2 Å². The van der Waals surface area contributed by atoms with Gasteiger partial charge in [0.05, 0.1) is 19.1 Å². The van der Waals surface area contributed by atoms with Gasteiger partial charge in [-0.3, -0.25) is 9.10 Å². The maximum atomic E-state index is 13.9. The maximum absolute atomic E-state index is 13.9. The number of anilines is 1. The van der Waals surface area contributed by atoms with Gasteiger partial charge in [-0.15, -0.1) is 0 Å². The second-order valence-corrected chi connectivity index (χ2v) is 7.26. The number of para-hydroxylation sites is 1. The number of hydrogen-bond donors (Lipinski definition) is 1. The van der Waals surface area contributed by atoms with Crippen molar-refractivity contribution in [3.8, 4) is 5.75 Å². The standard InChI is InChI=1S/C17H19FN2O4S/c1-24-14-7-5-6-13(10-14)11-19-17(21)12-20(25(2,22)23)16-9-4-3-8-15(16)18/h3-10H,11-12H2,1-2H3,(H,19,21). The SMILES string of the molecule is COc1cccc(CNC(=O)CN(c2ccccc2F)S(C)(=O)=O)c1. The minimum atomic E-state index is -3.82. The molecule has 0 saturated heterocycles. The first-order chi connectivity index (χ1) is 11.8. The summed E-state index contributed by atoms with van der Waals surface area (Å²) in [6.07, 6.45) is 0.925. The molecule has 1 N–H and O–H groups in total. The van der Waals surface area contributed by atoms with Crippen molar-refractivity contribution in [3.05, 3.63) is 59.9 Å². The lowest BCUT2D eigenvalue weighted by molar-refractivity contribution is -0.119. The van der Waals surface area contributed by atoms with Gasteiger partial charge in [0.2, 0.25) is 15.9 Å². The van der Waals surface area contributed by atoms with Crippen LogP contribution in [-0.2, 0) is 21.4 Å². The molecule has 0 heterocycles. The van der Waals surface area contributed by atoms with Gasteiger partial charge in [0.15, 0.2) is 0 Å². The van der Waals surface area contributed by atoms with E-state index in [2.05, 4.69) is 5.32 Å². The van der Waals surface area contributed by atoms with Crippen LogP contribution in [0.5, 0.6) is 5.75 Å². The van der Waals surface area contributed by atoms with Crippen molar-refractivity contribution < 1.29 is 22.3 Å². The van der Waals surface area contributed by atoms with E-state index in [0.717, 1.165) is 22.2 Å². The number of ether oxygens (including phenoxy) is 1. The van der Waals surface area contributed by atoms with Crippen LogP contribution in [0.15, 0.2) is 48.5 Å². The molecule has 1 amide bonds. The summed E-state index contributed by atoms with van der Waals surface area (Å²) in [7, 11) is -2.28. The highest BCUT2D eigenvalue weighted by molar-refractivity contribution is 7.92. The van der Waals surface area contributed by atoms with Crippen LogP contribution in [0.1, 0.15) is 5.56 Å². The molecule has 0 aliphatic carbocycles. The average Bonchev–Trinajstić information content (AvgIpc) is 2.58. The van der Waals surface area contributed by atoms with E-state index >= 15 is 0 Å². The predicted octanol–water partition coefficient (Wildman–Crippen LogP) is 1.92. The molecule has 0 radical (unpaired) electrons. The largest absolute Gasteiger partial charge is 0.497 e. The Bertz CT molecular complexity index is 855. The van der Waals surface area contributed by atoms with Crippen molar-refractivity contribution in [2.24, 2.45) is 0 Å². The summed E-state index contributed by atoms with van der Waals surface area (Å²) in [4.78, 5) is 12.1. The first-order valence-corrected chi connectivity index (χ1v) is 9.28.